The Balaban J connectivity index is 1.61. The number of halogens is 1. The molecular weight excluding hydrogens is 340 g/mol. The van der Waals surface area contributed by atoms with Gasteiger partial charge in [-0.05, 0) is 25.0 Å². The van der Waals surface area contributed by atoms with Crippen molar-refractivity contribution in [2.45, 2.75) is 32.2 Å². The van der Waals surface area contributed by atoms with E-state index in [1.165, 1.54) is 10.5 Å². The molecule has 0 bridgehead atoms. The van der Waals surface area contributed by atoms with E-state index in [-0.39, 0.29) is 5.91 Å². The van der Waals surface area contributed by atoms with E-state index < -0.39 is 6.03 Å². The number of benzene rings is 1. The highest BCUT2D eigenvalue weighted by atomic mass is 35.5. The van der Waals surface area contributed by atoms with Crippen molar-refractivity contribution >= 4 is 23.5 Å². The Morgan fingerprint density at radius 1 is 1.20 bits per heavy atom. The lowest BCUT2D eigenvalue weighted by Gasteiger charge is -2.32. The number of piperazine rings is 1. The minimum Gasteiger partial charge on any atom is -0.352 e. The number of nitrogens with one attached hydrogen (secondary N) is 2. The first-order valence-electron chi connectivity index (χ1n) is 8.93. The van der Waals surface area contributed by atoms with Gasteiger partial charge in [0.25, 0.3) is 0 Å². The molecule has 138 valence electrons. The minimum atomic E-state index is -0.491. The number of urea groups is 1. The Labute approximate surface area is 154 Å². The average Bonchev–Trinajstić information content (AvgIpc) is 2.58. The van der Waals surface area contributed by atoms with Crippen LogP contribution < -0.4 is 16.0 Å². The second-order valence-corrected chi connectivity index (χ2v) is 6.98. The molecule has 0 aromatic heterocycles. The standard InChI is InChI=1S/C18H27ClN4O2/c19-16-6-4-5-15(13-16)14-22-9-11-23(12-10-22)17(24)7-2-1-3-8-21-18(20)25/h4-6,13H,1-3,7-12,14H2,(H3,20,21,25)/p+1. The number of primary amides is 1. The van der Waals surface area contributed by atoms with Gasteiger partial charge in [0.2, 0.25) is 5.91 Å². The predicted octanol–water partition coefficient (Wildman–Crippen LogP) is 0.796. The molecule has 25 heavy (non-hydrogen) atoms. The van der Waals surface area contributed by atoms with Crippen LogP contribution >= 0.6 is 11.6 Å². The molecule has 1 aromatic carbocycles. The molecule has 0 saturated carbocycles. The van der Waals surface area contributed by atoms with Gasteiger partial charge in [0.15, 0.2) is 0 Å². The highest BCUT2D eigenvalue weighted by Crippen LogP contribution is 2.10. The van der Waals surface area contributed by atoms with Crippen LogP contribution in [0.1, 0.15) is 31.2 Å². The van der Waals surface area contributed by atoms with E-state index in [1.807, 2.05) is 23.1 Å². The molecule has 1 saturated heterocycles. The van der Waals surface area contributed by atoms with Crippen molar-refractivity contribution in [1.82, 2.24) is 10.2 Å². The van der Waals surface area contributed by atoms with Crippen LogP contribution in [0.15, 0.2) is 24.3 Å². The third-order valence-corrected chi connectivity index (χ3v) is 4.77. The number of carbonyl (C=O) groups excluding carboxylic acids is 2. The number of nitrogens with two attached hydrogens (primary N) is 1. The van der Waals surface area contributed by atoms with Gasteiger partial charge in [-0.3, -0.25) is 4.79 Å². The van der Waals surface area contributed by atoms with E-state index >= 15 is 0 Å². The Bertz CT molecular complexity index is 574. The first-order chi connectivity index (χ1) is 12.0. The van der Waals surface area contributed by atoms with Gasteiger partial charge >= 0.3 is 6.03 Å². The number of rotatable bonds is 8. The number of unbranched alkanes of at least 4 members (excludes halogenated alkanes) is 2. The highest BCUT2D eigenvalue weighted by molar-refractivity contribution is 6.30. The fourth-order valence-electron chi connectivity index (χ4n) is 3.13. The van der Waals surface area contributed by atoms with Crippen LogP contribution in [0, 0.1) is 0 Å². The molecule has 1 aliphatic heterocycles. The molecule has 1 fully saturated rings. The zero-order valence-corrected chi connectivity index (χ0v) is 15.4. The average molecular weight is 368 g/mol. The fraction of sp³-hybridized carbons (Fsp3) is 0.556. The summed E-state index contributed by atoms with van der Waals surface area (Å²) < 4.78 is 0. The van der Waals surface area contributed by atoms with Crippen molar-refractivity contribution in [1.29, 1.82) is 0 Å². The quantitative estimate of drug-likeness (QED) is 0.594. The SMILES string of the molecule is NC(=O)NCCCCCC(=O)N1CC[NH+](Cc2cccc(Cl)c2)CC1. The summed E-state index contributed by atoms with van der Waals surface area (Å²) in [5.41, 5.74) is 6.24. The maximum Gasteiger partial charge on any atom is 0.312 e. The van der Waals surface area contributed by atoms with Crippen molar-refractivity contribution in [3.63, 3.8) is 0 Å². The molecule has 6 nitrogen and oxygen atoms in total. The first-order valence-corrected chi connectivity index (χ1v) is 9.31. The monoisotopic (exact) mass is 367 g/mol. The number of amides is 3. The predicted molar refractivity (Wildman–Crippen MR) is 98.5 cm³/mol. The Morgan fingerprint density at radius 3 is 2.64 bits per heavy atom. The lowest BCUT2D eigenvalue weighted by Crippen LogP contribution is -3.13. The smallest absolute Gasteiger partial charge is 0.312 e. The third kappa shape index (κ3) is 7.32. The van der Waals surface area contributed by atoms with Crippen molar-refractivity contribution < 1.29 is 14.5 Å². The van der Waals surface area contributed by atoms with E-state index in [0.717, 1.165) is 57.0 Å². The molecule has 1 aromatic rings. The van der Waals surface area contributed by atoms with Crippen LogP contribution in [0.25, 0.3) is 0 Å². The van der Waals surface area contributed by atoms with Crippen LogP contribution in [0.5, 0.6) is 0 Å². The minimum absolute atomic E-state index is 0.240. The summed E-state index contributed by atoms with van der Waals surface area (Å²) >= 11 is 6.03. The molecule has 2 rings (SSSR count). The topological polar surface area (TPSA) is 79.9 Å². The summed E-state index contributed by atoms with van der Waals surface area (Å²) in [6.07, 6.45) is 3.22. The summed E-state index contributed by atoms with van der Waals surface area (Å²) in [7, 11) is 0. The Hall–Kier alpha value is -1.79. The lowest BCUT2D eigenvalue weighted by atomic mass is 10.1. The lowest BCUT2D eigenvalue weighted by molar-refractivity contribution is -0.917. The molecule has 1 heterocycles. The van der Waals surface area contributed by atoms with Gasteiger partial charge < -0.3 is 20.9 Å². The Kier molecular flexibility index (Phi) is 8.01. The van der Waals surface area contributed by atoms with Crippen LogP contribution in [-0.2, 0) is 11.3 Å². The summed E-state index contributed by atoms with van der Waals surface area (Å²) in [6.45, 7) is 5.11. The van der Waals surface area contributed by atoms with Gasteiger partial charge in [-0.15, -0.1) is 0 Å². The highest BCUT2D eigenvalue weighted by Gasteiger charge is 2.23. The van der Waals surface area contributed by atoms with Crippen molar-refractivity contribution in [3.05, 3.63) is 34.9 Å². The number of nitrogens with zero attached hydrogens (tertiary/aromatic N) is 1. The van der Waals surface area contributed by atoms with Crippen LogP contribution in [0.2, 0.25) is 5.02 Å². The van der Waals surface area contributed by atoms with E-state index in [0.29, 0.717) is 13.0 Å². The van der Waals surface area contributed by atoms with Crippen LogP contribution in [0.3, 0.4) is 0 Å². The zero-order chi connectivity index (χ0) is 18.1. The van der Waals surface area contributed by atoms with Gasteiger partial charge in [-0.2, -0.15) is 0 Å². The normalized spacial score (nSPS) is 15.2. The number of hydrogen-bond acceptors (Lipinski definition) is 2. The van der Waals surface area contributed by atoms with Crippen molar-refractivity contribution in [2.24, 2.45) is 5.73 Å². The van der Waals surface area contributed by atoms with Gasteiger partial charge in [0.1, 0.15) is 6.54 Å². The Morgan fingerprint density at radius 2 is 1.96 bits per heavy atom. The van der Waals surface area contributed by atoms with Crippen molar-refractivity contribution in [3.8, 4) is 0 Å². The van der Waals surface area contributed by atoms with Crippen LogP contribution in [0.4, 0.5) is 4.79 Å². The summed E-state index contributed by atoms with van der Waals surface area (Å²) in [5.74, 6) is 0.240. The molecule has 0 spiro atoms. The number of quaternary nitrogens is 1. The van der Waals surface area contributed by atoms with E-state index in [1.54, 1.807) is 0 Å². The zero-order valence-electron chi connectivity index (χ0n) is 14.6. The molecular formula is C18H28ClN4O2+. The maximum absolute atomic E-state index is 12.3. The largest absolute Gasteiger partial charge is 0.352 e. The van der Waals surface area contributed by atoms with Crippen LogP contribution in [-0.4, -0.2) is 49.6 Å². The maximum atomic E-state index is 12.3. The second kappa shape index (κ2) is 10.3. The third-order valence-electron chi connectivity index (χ3n) is 4.53. The van der Waals surface area contributed by atoms with Gasteiger partial charge in [0.05, 0.1) is 26.2 Å². The molecule has 7 heteroatoms. The van der Waals surface area contributed by atoms with Gasteiger partial charge in [-0.1, -0.05) is 30.2 Å². The van der Waals surface area contributed by atoms with Gasteiger partial charge in [0, 0.05) is 23.6 Å². The summed E-state index contributed by atoms with van der Waals surface area (Å²) in [6, 6.07) is 7.49. The molecule has 0 radical (unpaired) electrons. The molecule has 4 N–H and O–H groups in total. The molecule has 0 unspecified atom stereocenters. The van der Waals surface area contributed by atoms with E-state index in [2.05, 4.69) is 11.4 Å². The molecule has 0 aliphatic carbocycles. The van der Waals surface area contributed by atoms with E-state index in [9.17, 15) is 9.59 Å². The number of carbonyl (C=O) groups is 2. The van der Waals surface area contributed by atoms with Gasteiger partial charge in [-0.25, -0.2) is 4.79 Å². The summed E-state index contributed by atoms with van der Waals surface area (Å²) in [4.78, 5) is 26.3. The number of hydrogen-bond donors (Lipinski definition) is 3. The summed E-state index contributed by atoms with van der Waals surface area (Å²) in [5, 5.41) is 3.33. The molecule has 3 amide bonds. The molecule has 0 atom stereocenters. The molecule has 1 aliphatic rings. The first kappa shape index (κ1) is 19.5. The van der Waals surface area contributed by atoms with Crippen molar-refractivity contribution in [2.75, 3.05) is 32.7 Å². The van der Waals surface area contributed by atoms with E-state index in [4.69, 9.17) is 17.3 Å². The second-order valence-electron chi connectivity index (χ2n) is 6.54. The fourth-order valence-corrected chi connectivity index (χ4v) is 3.35.